The van der Waals surface area contributed by atoms with Gasteiger partial charge in [-0.25, -0.2) is 0 Å². The van der Waals surface area contributed by atoms with Gasteiger partial charge < -0.3 is 14.6 Å². The van der Waals surface area contributed by atoms with E-state index in [0.29, 0.717) is 23.3 Å². The summed E-state index contributed by atoms with van der Waals surface area (Å²) in [5.41, 5.74) is -1.18. The van der Waals surface area contributed by atoms with Crippen molar-refractivity contribution in [1.29, 1.82) is 0 Å². The second kappa shape index (κ2) is 4.31. The molecule has 0 aliphatic heterocycles. The van der Waals surface area contributed by atoms with E-state index in [1.54, 1.807) is 18.2 Å². The number of hydrogen-bond acceptors (Lipinski definition) is 4. The minimum absolute atomic E-state index is 0.388. The van der Waals surface area contributed by atoms with E-state index in [-0.39, 0.29) is 0 Å². The fourth-order valence-electron chi connectivity index (χ4n) is 1.27. The summed E-state index contributed by atoms with van der Waals surface area (Å²) in [6.07, 6.45) is 0.463. The topological polar surface area (TPSA) is 55.8 Å². The Morgan fingerprint density at radius 3 is 2.47 bits per heavy atom. The molecule has 0 heterocycles. The highest BCUT2D eigenvalue weighted by atomic mass is 16.5. The Morgan fingerprint density at radius 2 is 2.00 bits per heavy atom. The molecule has 0 aliphatic carbocycles. The zero-order valence-electron chi connectivity index (χ0n) is 8.98. The number of carbonyl (C=O) groups excluding carboxylic acids is 1. The van der Waals surface area contributed by atoms with Crippen molar-refractivity contribution in [3.63, 3.8) is 0 Å². The van der Waals surface area contributed by atoms with Crippen LogP contribution in [0.2, 0.25) is 0 Å². The van der Waals surface area contributed by atoms with Gasteiger partial charge in [0, 0.05) is 5.56 Å². The van der Waals surface area contributed by atoms with Crippen LogP contribution in [0.4, 0.5) is 0 Å². The van der Waals surface area contributed by atoms with Crippen LogP contribution in [0.1, 0.15) is 12.5 Å². The van der Waals surface area contributed by atoms with E-state index < -0.39 is 5.60 Å². The average Bonchev–Trinajstić information content (AvgIpc) is 2.28. The number of hydrogen-bond donors (Lipinski definition) is 1. The second-order valence-electron chi connectivity index (χ2n) is 3.33. The van der Waals surface area contributed by atoms with Crippen molar-refractivity contribution in [1.82, 2.24) is 0 Å². The number of aldehydes is 1. The van der Waals surface area contributed by atoms with E-state index in [1.165, 1.54) is 21.1 Å². The third-order valence-electron chi connectivity index (χ3n) is 2.18. The Kier molecular flexibility index (Phi) is 3.31. The molecule has 0 aliphatic rings. The zero-order chi connectivity index (χ0) is 11.5. The van der Waals surface area contributed by atoms with Crippen LogP contribution in [0.3, 0.4) is 0 Å². The van der Waals surface area contributed by atoms with E-state index >= 15 is 0 Å². The fourth-order valence-corrected chi connectivity index (χ4v) is 1.27. The molecule has 0 bridgehead atoms. The smallest absolute Gasteiger partial charge is 0.155 e. The molecule has 1 atom stereocenters. The van der Waals surface area contributed by atoms with Gasteiger partial charge in [0.2, 0.25) is 0 Å². The van der Waals surface area contributed by atoms with Gasteiger partial charge >= 0.3 is 0 Å². The van der Waals surface area contributed by atoms with Crippen LogP contribution in [0.15, 0.2) is 18.2 Å². The van der Waals surface area contributed by atoms with Crippen molar-refractivity contribution < 1.29 is 19.4 Å². The van der Waals surface area contributed by atoms with Crippen LogP contribution in [0.5, 0.6) is 11.5 Å². The summed E-state index contributed by atoms with van der Waals surface area (Å²) < 4.78 is 10.1. The molecule has 1 rings (SSSR count). The van der Waals surface area contributed by atoms with E-state index in [4.69, 9.17) is 9.47 Å². The van der Waals surface area contributed by atoms with Crippen molar-refractivity contribution in [3.05, 3.63) is 23.8 Å². The highest BCUT2D eigenvalue weighted by molar-refractivity contribution is 5.67. The summed E-state index contributed by atoms with van der Waals surface area (Å²) in [5.74, 6) is 1.01. The lowest BCUT2D eigenvalue weighted by Gasteiger charge is -2.20. The highest BCUT2D eigenvalue weighted by Gasteiger charge is 2.26. The molecule has 0 aromatic heterocycles. The monoisotopic (exact) mass is 210 g/mol. The molecule has 0 spiro atoms. The molecule has 4 nitrogen and oxygen atoms in total. The number of carbonyl (C=O) groups is 1. The Morgan fingerprint density at radius 1 is 1.33 bits per heavy atom. The van der Waals surface area contributed by atoms with Gasteiger partial charge in [0.25, 0.3) is 0 Å². The molecule has 15 heavy (non-hydrogen) atoms. The second-order valence-corrected chi connectivity index (χ2v) is 3.33. The standard InChI is InChI=1S/C11H14O4/c1-11(13,7-12)9-6-8(14-2)4-5-10(9)15-3/h4-7,13H,1-3H3. The van der Waals surface area contributed by atoms with E-state index in [1.807, 2.05) is 0 Å². The maximum Gasteiger partial charge on any atom is 0.155 e. The normalized spacial score (nSPS) is 14.1. The average molecular weight is 210 g/mol. The molecule has 1 N–H and O–H groups in total. The number of benzene rings is 1. The van der Waals surface area contributed by atoms with Gasteiger partial charge in [-0.05, 0) is 25.1 Å². The van der Waals surface area contributed by atoms with Gasteiger partial charge in [-0.3, -0.25) is 4.79 Å². The molecule has 82 valence electrons. The van der Waals surface area contributed by atoms with Crippen molar-refractivity contribution in [2.24, 2.45) is 0 Å². The molecule has 0 saturated carbocycles. The molecule has 0 fully saturated rings. The van der Waals surface area contributed by atoms with E-state index in [0.717, 1.165) is 0 Å². The number of methoxy groups -OCH3 is 2. The van der Waals surface area contributed by atoms with Crippen LogP contribution >= 0.6 is 0 Å². The maximum absolute atomic E-state index is 10.7. The molecule has 1 aromatic carbocycles. The van der Waals surface area contributed by atoms with Crippen LogP contribution in [0.25, 0.3) is 0 Å². The maximum atomic E-state index is 10.7. The SMILES string of the molecule is COc1ccc(OC)c(C(C)(O)C=O)c1. The summed E-state index contributed by atoms with van der Waals surface area (Å²) in [4.78, 5) is 10.7. The first kappa shape index (κ1) is 11.5. The van der Waals surface area contributed by atoms with Gasteiger partial charge in [0.15, 0.2) is 6.29 Å². The summed E-state index contributed by atoms with van der Waals surface area (Å²) >= 11 is 0. The quantitative estimate of drug-likeness (QED) is 0.756. The lowest BCUT2D eigenvalue weighted by atomic mass is 9.96. The van der Waals surface area contributed by atoms with Crippen LogP contribution in [-0.4, -0.2) is 25.6 Å². The molecule has 1 aromatic rings. The minimum Gasteiger partial charge on any atom is -0.497 e. The van der Waals surface area contributed by atoms with Gasteiger partial charge in [-0.1, -0.05) is 0 Å². The van der Waals surface area contributed by atoms with Crippen LogP contribution in [0, 0.1) is 0 Å². The Hall–Kier alpha value is -1.55. The van der Waals surface area contributed by atoms with Gasteiger partial charge in [-0.15, -0.1) is 0 Å². The van der Waals surface area contributed by atoms with Crippen molar-refractivity contribution in [2.45, 2.75) is 12.5 Å². The molecular weight excluding hydrogens is 196 g/mol. The van der Waals surface area contributed by atoms with E-state index in [2.05, 4.69) is 0 Å². The summed E-state index contributed by atoms with van der Waals surface area (Å²) in [5, 5.41) is 9.82. The Bertz CT molecular complexity index is 358. The van der Waals surface area contributed by atoms with E-state index in [9.17, 15) is 9.90 Å². The number of aliphatic hydroxyl groups is 1. The predicted octanol–water partition coefficient (Wildman–Crippen LogP) is 1.11. The third-order valence-corrected chi connectivity index (χ3v) is 2.18. The molecule has 1 unspecified atom stereocenters. The fraction of sp³-hybridized carbons (Fsp3) is 0.364. The summed E-state index contributed by atoms with van der Waals surface area (Å²) in [6, 6.07) is 4.92. The first-order valence-electron chi connectivity index (χ1n) is 4.46. The van der Waals surface area contributed by atoms with Crippen LogP contribution in [-0.2, 0) is 10.4 Å². The lowest BCUT2D eigenvalue weighted by molar-refractivity contribution is -0.123. The van der Waals surface area contributed by atoms with Crippen molar-refractivity contribution in [3.8, 4) is 11.5 Å². The Balaban J connectivity index is 3.29. The summed E-state index contributed by atoms with van der Waals surface area (Å²) in [7, 11) is 2.99. The first-order chi connectivity index (χ1) is 7.05. The number of rotatable bonds is 4. The molecule has 0 amide bonds. The van der Waals surface area contributed by atoms with Crippen molar-refractivity contribution in [2.75, 3.05) is 14.2 Å². The van der Waals surface area contributed by atoms with Gasteiger partial charge in [0.05, 0.1) is 14.2 Å². The number of ether oxygens (including phenoxy) is 2. The molecule has 0 radical (unpaired) electrons. The van der Waals surface area contributed by atoms with Gasteiger partial charge in [-0.2, -0.15) is 0 Å². The third kappa shape index (κ3) is 2.27. The largest absolute Gasteiger partial charge is 0.497 e. The zero-order valence-corrected chi connectivity index (χ0v) is 8.98. The van der Waals surface area contributed by atoms with Crippen molar-refractivity contribution >= 4 is 6.29 Å². The molecule has 0 saturated heterocycles. The van der Waals surface area contributed by atoms with Crippen LogP contribution < -0.4 is 9.47 Å². The summed E-state index contributed by atoms with van der Waals surface area (Å²) in [6.45, 7) is 1.40. The predicted molar refractivity (Wildman–Crippen MR) is 55.2 cm³/mol. The molecule has 4 heteroatoms. The first-order valence-corrected chi connectivity index (χ1v) is 4.46. The minimum atomic E-state index is -1.57. The highest BCUT2D eigenvalue weighted by Crippen LogP contribution is 2.31. The molecular formula is C11H14O4. The van der Waals surface area contributed by atoms with Gasteiger partial charge in [0.1, 0.15) is 17.1 Å². The Labute approximate surface area is 88.4 Å². The lowest BCUT2D eigenvalue weighted by Crippen LogP contribution is -2.23.